The van der Waals surface area contributed by atoms with Crippen LogP contribution in [0.1, 0.15) is 62.4 Å². The van der Waals surface area contributed by atoms with E-state index < -0.39 is 0 Å². The van der Waals surface area contributed by atoms with Crippen LogP contribution in [-0.4, -0.2) is 24.5 Å². The van der Waals surface area contributed by atoms with Crippen molar-refractivity contribution in [1.82, 2.24) is 5.32 Å². The van der Waals surface area contributed by atoms with Gasteiger partial charge in [0.2, 0.25) is 0 Å². The Balaban J connectivity index is 1.49. The van der Waals surface area contributed by atoms with Gasteiger partial charge in [-0.2, -0.15) is 0 Å². The minimum absolute atomic E-state index is 0.00231. The van der Waals surface area contributed by atoms with Crippen molar-refractivity contribution < 1.29 is 14.3 Å². The van der Waals surface area contributed by atoms with Crippen LogP contribution in [0.25, 0.3) is 0 Å². The van der Waals surface area contributed by atoms with Gasteiger partial charge in [-0.3, -0.25) is 9.59 Å². The third-order valence-electron chi connectivity index (χ3n) is 5.22. The third kappa shape index (κ3) is 6.08. The molecule has 2 aromatic rings. The molecule has 0 bridgehead atoms. The average Bonchev–Trinajstić information content (AvgIpc) is 3.20. The highest BCUT2D eigenvalue weighted by Gasteiger charge is 2.17. The molecule has 0 unspecified atom stereocenters. The highest BCUT2D eigenvalue weighted by Crippen LogP contribution is 2.23. The lowest BCUT2D eigenvalue weighted by molar-refractivity contribution is -0.123. The molecule has 154 valence electrons. The predicted molar refractivity (Wildman–Crippen MR) is 115 cm³/mol. The maximum atomic E-state index is 12.4. The molecule has 0 atom stereocenters. The number of anilines is 1. The zero-order valence-electron chi connectivity index (χ0n) is 17.5. The quantitative estimate of drug-likeness (QED) is 0.748. The number of hydrogen-bond acceptors (Lipinski definition) is 3. The van der Waals surface area contributed by atoms with E-state index in [1.165, 1.54) is 18.4 Å². The molecule has 29 heavy (non-hydrogen) atoms. The lowest BCUT2D eigenvalue weighted by Crippen LogP contribution is -2.36. The van der Waals surface area contributed by atoms with Crippen molar-refractivity contribution >= 4 is 17.5 Å². The summed E-state index contributed by atoms with van der Waals surface area (Å²) < 4.78 is 5.54. The third-order valence-corrected chi connectivity index (χ3v) is 5.22. The molecule has 1 aliphatic carbocycles. The molecule has 0 aromatic heterocycles. The first-order chi connectivity index (χ1) is 13.8. The monoisotopic (exact) mass is 394 g/mol. The van der Waals surface area contributed by atoms with Crippen LogP contribution in [0, 0.1) is 0 Å². The van der Waals surface area contributed by atoms with Gasteiger partial charge in [-0.05, 0) is 60.2 Å². The largest absolute Gasteiger partial charge is 0.484 e. The standard InChI is InChI=1S/C24H30N2O3/c1-24(2,3)18-10-8-17(9-11-18)23(28)26-20-12-14-21(15-13-20)29-16-22(27)25-19-6-4-5-7-19/h8-15,19H,4-7,16H2,1-3H3,(H,25,27)(H,26,28). The smallest absolute Gasteiger partial charge is 0.258 e. The van der Waals surface area contributed by atoms with E-state index in [0.717, 1.165) is 12.8 Å². The van der Waals surface area contributed by atoms with Crippen molar-refractivity contribution in [3.8, 4) is 5.75 Å². The Kier molecular flexibility index (Phi) is 6.57. The summed E-state index contributed by atoms with van der Waals surface area (Å²) in [6.45, 7) is 6.43. The van der Waals surface area contributed by atoms with Crippen molar-refractivity contribution in [2.75, 3.05) is 11.9 Å². The van der Waals surface area contributed by atoms with E-state index in [9.17, 15) is 9.59 Å². The Hall–Kier alpha value is -2.82. The number of ether oxygens (including phenoxy) is 1. The van der Waals surface area contributed by atoms with Crippen molar-refractivity contribution in [1.29, 1.82) is 0 Å². The highest BCUT2D eigenvalue weighted by molar-refractivity contribution is 6.04. The second-order valence-corrected chi connectivity index (χ2v) is 8.64. The van der Waals surface area contributed by atoms with Gasteiger partial charge in [0.15, 0.2) is 6.61 Å². The average molecular weight is 395 g/mol. The molecule has 0 radical (unpaired) electrons. The summed E-state index contributed by atoms with van der Waals surface area (Å²) in [5, 5.41) is 5.88. The van der Waals surface area contributed by atoms with Crippen LogP contribution < -0.4 is 15.4 Å². The van der Waals surface area contributed by atoms with Gasteiger partial charge >= 0.3 is 0 Å². The molecular weight excluding hydrogens is 364 g/mol. The number of rotatable bonds is 6. The SMILES string of the molecule is CC(C)(C)c1ccc(C(=O)Nc2ccc(OCC(=O)NC3CCCC3)cc2)cc1. The summed E-state index contributed by atoms with van der Waals surface area (Å²) in [5.74, 6) is 0.349. The number of carbonyl (C=O) groups excluding carboxylic acids is 2. The van der Waals surface area contributed by atoms with Crippen LogP contribution in [0.3, 0.4) is 0 Å². The van der Waals surface area contributed by atoms with Crippen LogP contribution in [0.2, 0.25) is 0 Å². The van der Waals surface area contributed by atoms with Gasteiger partial charge < -0.3 is 15.4 Å². The minimum atomic E-state index is -0.157. The van der Waals surface area contributed by atoms with E-state index in [-0.39, 0.29) is 23.8 Å². The highest BCUT2D eigenvalue weighted by atomic mass is 16.5. The minimum Gasteiger partial charge on any atom is -0.484 e. The van der Waals surface area contributed by atoms with Crippen LogP contribution in [-0.2, 0) is 10.2 Å². The Labute approximate surface area is 172 Å². The van der Waals surface area contributed by atoms with Gasteiger partial charge in [0.05, 0.1) is 0 Å². The van der Waals surface area contributed by atoms with E-state index in [4.69, 9.17) is 4.74 Å². The van der Waals surface area contributed by atoms with E-state index in [1.807, 2.05) is 24.3 Å². The fraction of sp³-hybridized carbons (Fsp3) is 0.417. The molecule has 1 aliphatic rings. The molecule has 0 heterocycles. The molecular formula is C24H30N2O3. The summed E-state index contributed by atoms with van der Waals surface area (Å²) in [6, 6.07) is 15.0. The second-order valence-electron chi connectivity index (χ2n) is 8.64. The normalized spacial score (nSPS) is 14.4. The topological polar surface area (TPSA) is 67.4 Å². The molecule has 1 fully saturated rings. The van der Waals surface area contributed by atoms with Crippen LogP contribution in [0.15, 0.2) is 48.5 Å². The van der Waals surface area contributed by atoms with Crippen LogP contribution in [0.4, 0.5) is 5.69 Å². The Morgan fingerprint density at radius 3 is 2.17 bits per heavy atom. The zero-order valence-corrected chi connectivity index (χ0v) is 17.5. The summed E-state index contributed by atoms with van der Waals surface area (Å²) >= 11 is 0. The molecule has 2 aromatic carbocycles. The molecule has 3 rings (SSSR count). The first-order valence-corrected chi connectivity index (χ1v) is 10.3. The van der Waals surface area contributed by atoms with Crippen molar-refractivity contribution in [2.24, 2.45) is 0 Å². The van der Waals surface area contributed by atoms with Gasteiger partial charge in [0.1, 0.15) is 5.75 Å². The molecule has 0 saturated heterocycles. The first-order valence-electron chi connectivity index (χ1n) is 10.3. The molecule has 0 spiro atoms. The molecule has 0 aliphatic heterocycles. The van der Waals surface area contributed by atoms with Crippen LogP contribution >= 0.6 is 0 Å². The molecule has 2 N–H and O–H groups in total. The van der Waals surface area contributed by atoms with Crippen molar-refractivity contribution in [2.45, 2.75) is 57.9 Å². The summed E-state index contributed by atoms with van der Waals surface area (Å²) in [4.78, 5) is 24.4. The maximum absolute atomic E-state index is 12.4. The maximum Gasteiger partial charge on any atom is 0.258 e. The van der Waals surface area contributed by atoms with Gasteiger partial charge in [0, 0.05) is 17.3 Å². The molecule has 1 saturated carbocycles. The second kappa shape index (κ2) is 9.12. The van der Waals surface area contributed by atoms with Crippen molar-refractivity contribution in [3.05, 3.63) is 59.7 Å². The first kappa shape index (κ1) is 20.9. The van der Waals surface area contributed by atoms with Gasteiger partial charge in [-0.25, -0.2) is 0 Å². The number of benzene rings is 2. The summed E-state index contributed by atoms with van der Waals surface area (Å²) in [6.07, 6.45) is 4.47. The summed E-state index contributed by atoms with van der Waals surface area (Å²) in [5.41, 5.74) is 2.53. The Morgan fingerprint density at radius 2 is 1.59 bits per heavy atom. The fourth-order valence-corrected chi connectivity index (χ4v) is 3.45. The van der Waals surface area contributed by atoms with E-state index in [0.29, 0.717) is 23.0 Å². The number of nitrogens with one attached hydrogen (secondary N) is 2. The predicted octanol–water partition coefficient (Wildman–Crippen LogP) is 4.67. The van der Waals surface area contributed by atoms with E-state index in [1.54, 1.807) is 24.3 Å². The van der Waals surface area contributed by atoms with Crippen molar-refractivity contribution in [3.63, 3.8) is 0 Å². The summed E-state index contributed by atoms with van der Waals surface area (Å²) in [7, 11) is 0. The number of amides is 2. The Morgan fingerprint density at radius 1 is 0.966 bits per heavy atom. The van der Waals surface area contributed by atoms with Gasteiger partial charge in [-0.1, -0.05) is 45.7 Å². The lowest BCUT2D eigenvalue weighted by atomic mass is 9.87. The fourth-order valence-electron chi connectivity index (χ4n) is 3.45. The van der Waals surface area contributed by atoms with E-state index in [2.05, 4.69) is 31.4 Å². The van der Waals surface area contributed by atoms with Crippen LogP contribution in [0.5, 0.6) is 5.75 Å². The van der Waals surface area contributed by atoms with Gasteiger partial charge in [0.25, 0.3) is 11.8 Å². The van der Waals surface area contributed by atoms with E-state index >= 15 is 0 Å². The molecule has 5 nitrogen and oxygen atoms in total. The number of hydrogen-bond donors (Lipinski definition) is 2. The molecule has 2 amide bonds. The van der Waals surface area contributed by atoms with Gasteiger partial charge in [-0.15, -0.1) is 0 Å². The lowest BCUT2D eigenvalue weighted by Gasteiger charge is -2.19. The zero-order chi connectivity index (χ0) is 20.9. The Bertz CT molecular complexity index is 830. The number of carbonyl (C=O) groups is 2. The molecule has 5 heteroatoms.